The molecule has 0 saturated carbocycles. The average Bonchev–Trinajstić information content (AvgIpc) is 3.90. The Morgan fingerprint density at radius 3 is 1.66 bits per heavy atom. The molecular formula is C30H28N14O2S. The molecule has 0 aliphatic heterocycles. The van der Waals surface area contributed by atoms with Gasteiger partial charge in [0.2, 0.25) is 0 Å². The molecule has 0 radical (unpaired) electrons. The lowest BCUT2D eigenvalue weighted by Gasteiger charge is -2.08. The Hall–Kier alpha value is -6.10. The molecule has 2 aromatic carbocycles. The predicted molar refractivity (Wildman–Crippen MR) is 171 cm³/mol. The molecule has 8 aromatic rings. The maximum Gasteiger partial charge on any atom is 0.305 e. The van der Waals surface area contributed by atoms with Crippen molar-refractivity contribution in [2.45, 2.75) is 27.1 Å². The number of para-hydroxylation sites is 4. The molecule has 0 spiro atoms. The Balaban J connectivity index is 0.000000150. The summed E-state index contributed by atoms with van der Waals surface area (Å²) in [5.41, 5.74) is 6.05. The molecule has 17 heteroatoms. The maximum absolute atomic E-state index is 5.92. The van der Waals surface area contributed by atoms with Crippen LogP contribution in [0.1, 0.15) is 22.1 Å². The fourth-order valence-corrected chi connectivity index (χ4v) is 5.44. The quantitative estimate of drug-likeness (QED) is 0.235. The highest BCUT2D eigenvalue weighted by molar-refractivity contribution is 7.09. The first-order valence-corrected chi connectivity index (χ1v) is 15.3. The zero-order valence-corrected chi connectivity index (χ0v) is 26.6. The Kier molecular flexibility index (Phi) is 8.01. The van der Waals surface area contributed by atoms with Crippen molar-refractivity contribution in [3.8, 4) is 23.9 Å². The summed E-state index contributed by atoms with van der Waals surface area (Å²) in [6.07, 6.45) is 0. The van der Waals surface area contributed by atoms with Gasteiger partial charge in [0, 0.05) is 25.2 Å². The summed E-state index contributed by atoms with van der Waals surface area (Å²) in [5.74, 6) is 1.08. The molecule has 6 heterocycles. The summed E-state index contributed by atoms with van der Waals surface area (Å²) in [6, 6.07) is 22.2. The number of tetrazole rings is 2. The number of pyridine rings is 1. The van der Waals surface area contributed by atoms with Crippen LogP contribution in [0, 0.1) is 13.8 Å². The Morgan fingerprint density at radius 1 is 0.617 bits per heavy atom. The molecule has 0 aliphatic rings. The molecular weight excluding hydrogens is 620 g/mol. The normalized spacial score (nSPS) is 11.1. The van der Waals surface area contributed by atoms with Crippen molar-refractivity contribution in [2.24, 2.45) is 14.1 Å². The highest BCUT2D eigenvalue weighted by atomic mass is 32.1. The fourth-order valence-electron chi connectivity index (χ4n) is 4.85. The molecule has 0 unspecified atom stereocenters. The third kappa shape index (κ3) is 6.10. The van der Waals surface area contributed by atoms with E-state index in [0.29, 0.717) is 37.1 Å². The molecule has 0 fully saturated rings. The summed E-state index contributed by atoms with van der Waals surface area (Å²) in [6.45, 7) is 4.58. The van der Waals surface area contributed by atoms with E-state index in [2.05, 4.69) is 51.0 Å². The van der Waals surface area contributed by atoms with Gasteiger partial charge in [-0.2, -0.15) is 9.97 Å². The van der Waals surface area contributed by atoms with Gasteiger partial charge in [0.1, 0.15) is 13.2 Å². The van der Waals surface area contributed by atoms with E-state index in [1.165, 1.54) is 0 Å². The number of aromatic nitrogens is 14. The number of rotatable bonds is 8. The lowest BCUT2D eigenvalue weighted by atomic mass is 10.3. The lowest BCUT2D eigenvalue weighted by Crippen LogP contribution is -2.08. The molecule has 8 rings (SSSR count). The number of ether oxygens (including phenoxy) is 2. The van der Waals surface area contributed by atoms with E-state index < -0.39 is 0 Å². The van der Waals surface area contributed by atoms with Crippen molar-refractivity contribution in [3.63, 3.8) is 0 Å². The van der Waals surface area contributed by atoms with Crippen LogP contribution in [-0.2, 0) is 27.3 Å². The number of benzene rings is 2. The van der Waals surface area contributed by atoms with Crippen molar-refractivity contribution >= 4 is 33.4 Å². The Morgan fingerprint density at radius 2 is 1.17 bits per heavy atom. The number of thiazole rings is 1. The van der Waals surface area contributed by atoms with Gasteiger partial charge in [-0.3, -0.25) is 4.98 Å². The van der Waals surface area contributed by atoms with E-state index in [0.717, 1.165) is 44.2 Å². The number of fused-ring (bicyclic) bond motifs is 2. The summed E-state index contributed by atoms with van der Waals surface area (Å²) in [7, 11) is 3.55. The van der Waals surface area contributed by atoms with Gasteiger partial charge in [-0.05, 0) is 71.1 Å². The minimum Gasteiger partial charge on any atom is -0.458 e. The number of hydrogen-bond donors (Lipinski definition) is 0. The van der Waals surface area contributed by atoms with Crippen molar-refractivity contribution in [1.29, 1.82) is 0 Å². The van der Waals surface area contributed by atoms with Crippen LogP contribution in [0.25, 0.3) is 34.0 Å². The standard InChI is InChI=1S/C16H15N7O.C14H13N7OS/c1-11-6-5-7-12(17-11)10-24-16-18-13-8-3-4-9-14(13)23(16)15-19-20-21-22(15)2;1-9-15-10(8-23-9)7-22-14-16-11-5-3-4-6-12(11)21(14)13-17-18-19-20(13)2/h3-9H,10H2,1-2H3;3-6,8H,7H2,1-2H3. The van der Waals surface area contributed by atoms with E-state index in [9.17, 15) is 0 Å². The number of nitrogens with zero attached hydrogens (tertiary/aromatic N) is 14. The first kappa shape index (κ1) is 29.6. The molecule has 47 heavy (non-hydrogen) atoms. The van der Waals surface area contributed by atoms with Crippen LogP contribution in [-0.4, -0.2) is 69.5 Å². The van der Waals surface area contributed by atoms with Crippen LogP contribution >= 0.6 is 11.3 Å². The van der Waals surface area contributed by atoms with E-state index in [4.69, 9.17) is 9.47 Å². The van der Waals surface area contributed by atoms with Crippen molar-refractivity contribution in [2.75, 3.05) is 0 Å². The number of aryl methyl sites for hydroxylation is 4. The summed E-state index contributed by atoms with van der Waals surface area (Å²) in [4.78, 5) is 17.9. The second kappa shape index (κ2) is 12.7. The molecule has 0 aliphatic carbocycles. The van der Waals surface area contributed by atoms with Gasteiger partial charge in [0.25, 0.3) is 11.9 Å². The van der Waals surface area contributed by atoms with E-state index in [1.54, 1.807) is 43.9 Å². The molecule has 0 saturated heterocycles. The Bertz CT molecular complexity index is 2300. The predicted octanol–water partition coefficient (Wildman–Crippen LogP) is 3.72. The van der Waals surface area contributed by atoms with Crippen LogP contribution in [0.15, 0.2) is 72.1 Å². The third-order valence-electron chi connectivity index (χ3n) is 6.97. The van der Waals surface area contributed by atoms with E-state index >= 15 is 0 Å². The van der Waals surface area contributed by atoms with Gasteiger partial charge >= 0.3 is 12.0 Å². The first-order chi connectivity index (χ1) is 22.9. The number of hydrogen-bond acceptors (Lipinski definition) is 13. The zero-order valence-electron chi connectivity index (χ0n) is 25.8. The van der Waals surface area contributed by atoms with Gasteiger partial charge < -0.3 is 9.47 Å². The summed E-state index contributed by atoms with van der Waals surface area (Å²) >= 11 is 1.59. The highest BCUT2D eigenvalue weighted by Gasteiger charge is 2.19. The zero-order chi connectivity index (χ0) is 32.3. The second-order valence-electron chi connectivity index (χ2n) is 10.3. The fraction of sp³-hybridized carbons (Fsp3) is 0.200. The van der Waals surface area contributed by atoms with Crippen molar-refractivity contribution < 1.29 is 9.47 Å². The molecule has 0 amide bonds. The molecule has 0 N–H and O–H groups in total. The van der Waals surface area contributed by atoms with Gasteiger partial charge in [-0.15, -0.1) is 11.3 Å². The maximum atomic E-state index is 5.92. The van der Waals surface area contributed by atoms with E-state index in [1.807, 2.05) is 86.0 Å². The van der Waals surface area contributed by atoms with Crippen LogP contribution in [0.4, 0.5) is 0 Å². The van der Waals surface area contributed by atoms with Gasteiger partial charge in [0.05, 0.1) is 38.5 Å². The minimum absolute atomic E-state index is 0.316. The van der Waals surface area contributed by atoms with Gasteiger partial charge in [0.15, 0.2) is 0 Å². The van der Waals surface area contributed by atoms with Crippen LogP contribution in [0.5, 0.6) is 12.0 Å². The molecule has 6 aromatic heterocycles. The summed E-state index contributed by atoms with van der Waals surface area (Å²) in [5, 5.41) is 26.3. The summed E-state index contributed by atoms with van der Waals surface area (Å²) < 4.78 is 18.6. The van der Waals surface area contributed by atoms with Crippen LogP contribution in [0.2, 0.25) is 0 Å². The largest absolute Gasteiger partial charge is 0.458 e. The molecule has 16 nitrogen and oxygen atoms in total. The SMILES string of the molecule is Cc1cccc(COc2nc3ccccc3n2-c2nnnn2C)n1.Cc1nc(COc2nc3ccccc3n2-c2nnnn2C)cs1. The highest BCUT2D eigenvalue weighted by Crippen LogP contribution is 2.26. The smallest absolute Gasteiger partial charge is 0.305 e. The molecule has 0 atom stereocenters. The van der Waals surface area contributed by atoms with Crippen LogP contribution < -0.4 is 9.47 Å². The van der Waals surface area contributed by atoms with Crippen LogP contribution in [0.3, 0.4) is 0 Å². The second-order valence-corrected chi connectivity index (χ2v) is 11.4. The van der Waals surface area contributed by atoms with Gasteiger partial charge in [-0.25, -0.2) is 23.5 Å². The van der Waals surface area contributed by atoms with Crippen molar-refractivity contribution in [3.05, 3.63) is 94.2 Å². The molecule has 0 bridgehead atoms. The van der Waals surface area contributed by atoms with Crippen molar-refractivity contribution in [1.82, 2.24) is 69.5 Å². The minimum atomic E-state index is 0.316. The topological polar surface area (TPSA) is 167 Å². The lowest BCUT2D eigenvalue weighted by molar-refractivity contribution is 0.272. The third-order valence-corrected chi connectivity index (χ3v) is 7.79. The van der Waals surface area contributed by atoms with E-state index in [-0.39, 0.29) is 0 Å². The average molecular weight is 649 g/mol. The number of imidazole rings is 2. The van der Waals surface area contributed by atoms with Gasteiger partial charge in [-0.1, -0.05) is 40.5 Å². The first-order valence-electron chi connectivity index (χ1n) is 14.4. The Labute approximate surface area is 271 Å². The monoisotopic (exact) mass is 648 g/mol. The molecule has 236 valence electrons.